The minimum absolute atomic E-state index is 0. The fraction of sp³-hybridized carbons (Fsp3) is 0.550. The van der Waals surface area contributed by atoms with Crippen molar-refractivity contribution >= 4 is 18.2 Å². The second-order valence-corrected chi connectivity index (χ2v) is 6.31. The summed E-state index contributed by atoms with van der Waals surface area (Å²) in [5.74, 6) is -1.02. The number of esters is 2. The van der Waals surface area contributed by atoms with Gasteiger partial charge in [-0.15, -0.1) is 0 Å². The van der Waals surface area contributed by atoms with Crippen LogP contribution in [0.5, 0.6) is 0 Å². The van der Waals surface area contributed by atoms with Crippen LogP contribution in [0.15, 0.2) is 12.1 Å². The quantitative estimate of drug-likeness (QED) is 0.552. The summed E-state index contributed by atoms with van der Waals surface area (Å²) < 4.78 is 12.1. The highest BCUT2D eigenvalue weighted by Gasteiger charge is 2.16. The van der Waals surface area contributed by atoms with Gasteiger partial charge >= 0.3 is 11.9 Å². The van der Waals surface area contributed by atoms with E-state index in [1.165, 1.54) is 31.0 Å². The van der Waals surface area contributed by atoms with Gasteiger partial charge < -0.3 is 14.6 Å². The monoisotopic (exact) mass is 426 g/mol. The third-order valence-corrected chi connectivity index (χ3v) is 3.63. The van der Waals surface area contributed by atoms with Crippen LogP contribution in [0, 0.1) is 0 Å². The number of ether oxygens (including phenoxy) is 2. The Morgan fingerprint density at radius 3 is 1.70 bits per heavy atom. The number of aliphatic hydroxyl groups excluding tert-OH is 1. The molecule has 1 N–H and O–H groups in total. The molecular weight excluding hydrogens is 392 g/mol. The molecule has 0 amide bonds. The van der Waals surface area contributed by atoms with Crippen molar-refractivity contribution in [2.45, 2.75) is 61.2 Å². The molecule has 10 heteroatoms. The SMILES string of the molecule is C.C.COC(=O)c1cc(C=O)n(C(C)C)n1.COC(=O)c1cc(CO)n(C(C)C)n1. The molecule has 170 valence electrons. The van der Waals surface area contributed by atoms with E-state index in [1.54, 1.807) is 4.68 Å². The van der Waals surface area contributed by atoms with E-state index in [0.717, 1.165) is 0 Å². The van der Waals surface area contributed by atoms with Crippen molar-refractivity contribution in [3.63, 3.8) is 0 Å². The summed E-state index contributed by atoms with van der Waals surface area (Å²) in [5, 5.41) is 17.0. The van der Waals surface area contributed by atoms with Gasteiger partial charge in [0.25, 0.3) is 0 Å². The number of rotatable bonds is 6. The Morgan fingerprint density at radius 2 is 1.40 bits per heavy atom. The molecule has 2 aromatic heterocycles. The van der Waals surface area contributed by atoms with E-state index in [0.29, 0.717) is 17.7 Å². The van der Waals surface area contributed by atoms with Crippen molar-refractivity contribution in [2.75, 3.05) is 14.2 Å². The highest BCUT2D eigenvalue weighted by Crippen LogP contribution is 2.12. The Labute approximate surface area is 177 Å². The summed E-state index contributed by atoms with van der Waals surface area (Å²) in [6, 6.07) is 3.09. The molecule has 0 spiro atoms. The van der Waals surface area contributed by atoms with E-state index in [9.17, 15) is 14.4 Å². The Morgan fingerprint density at radius 1 is 0.967 bits per heavy atom. The fourth-order valence-electron chi connectivity index (χ4n) is 2.32. The van der Waals surface area contributed by atoms with Crippen molar-refractivity contribution < 1.29 is 29.0 Å². The van der Waals surface area contributed by atoms with Gasteiger partial charge in [0, 0.05) is 18.2 Å². The predicted octanol–water partition coefficient (Wildman–Crippen LogP) is 3.08. The Balaban J connectivity index is 0. The molecule has 0 fully saturated rings. The number of methoxy groups -OCH3 is 2. The zero-order valence-corrected chi connectivity index (χ0v) is 16.9. The second kappa shape index (κ2) is 13.3. The van der Waals surface area contributed by atoms with Crippen molar-refractivity contribution in [2.24, 2.45) is 0 Å². The van der Waals surface area contributed by atoms with Crippen molar-refractivity contribution in [1.82, 2.24) is 19.6 Å². The molecule has 30 heavy (non-hydrogen) atoms. The van der Waals surface area contributed by atoms with Gasteiger partial charge in [0.1, 0.15) is 5.69 Å². The molecule has 0 aliphatic heterocycles. The van der Waals surface area contributed by atoms with E-state index in [1.807, 2.05) is 27.7 Å². The van der Waals surface area contributed by atoms with Crippen LogP contribution in [-0.4, -0.2) is 57.1 Å². The first kappa shape index (κ1) is 29.2. The third kappa shape index (κ3) is 7.11. The highest BCUT2D eigenvalue weighted by molar-refractivity contribution is 5.89. The predicted molar refractivity (Wildman–Crippen MR) is 113 cm³/mol. The van der Waals surface area contributed by atoms with Crippen LogP contribution in [-0.2, 0) is 16.1 Å². The van der Waals surface area contributed by atoms with Crippen LogP contribution in [0.3, 0.4) is 0 Å². The summed E-state index contributed by atoms with van der Waals surface area (Å²) in [4.78, 5) is 32.9. The third-order valence-electron chi connectivity index (χ3n) is 3.63. The van der Waals surface area contributed by atoms with E-state index >= 15 is 0 Å². The molecule has 0 bridgehead atoms. The first-order valence-corrected chi connectivity index (χ1v) is 8.60. The molecule has 0 aliphatic rings. The molecule has 10 nitrogen and oxygen atoms in total. The number of hydrogen-bond acceptors (Lipinski definition) is 8. The average molecular weight is 427 g/mol. The molecule has 0 atom stereocenters. The summed E-state index contributed by atoms with van der Waals surface area (Å²) >= 11 is 0. The Hall–Kier alpha value is -3.01. The number of aromatic nitrogens is 4. The van der Waals surface area contributed by atoms with Crippen LogP contribution in [0.25, 0.3) is 0 Å². The standard InChI is InChI=1S/C9H14N2O3.C9H12N2O3.2CH4/c2*1-6(2)11-7(5-12)4-8(10-11)9(13)14-3;;/h4,6,12H,5H2,1-3H3;4-6H,1-3H3;2*1H4. The van der Waals surface area contributed by atoms with Gasteiger partial charge in [-0.05, 0) is 33.8 Å². The van der Waals surface area contributed by atoms with Gasteiger partial charge in [-0.1, -0.05) is 14.9 Å². The normalized spacial score (nSPS) is 9.77. The molecule has 0 radical (unpaired) electrons. The molecule has 0 aromatic carbocycles. The second-order valence-electron chi connectivity index (χ2n) is 6.31. The first-order chi connectivity index (χ1) is 13.2. The fourth-order valence-corrected chi connectivity index (χ4v) is 2.32. The smallest absolute Gasteiger partial charge is 0.358 e. The van der Waals surface area contributed by atoms with Gasteiger partial charge in [0.05, 0.1) is 26.5 Å². The van der Waals surface area contributed by atoms with E-state index in [2.05, 4.69) is 19.7 Å². The molecule has 2 heterocycles. The highest BCUT2D eigenvalue weighted by atomic mass is 16.5. The molecule has 0 saturated heterocycles. The summed E-state index contributed by atoms with van der Waals surface area (Å²) in [6.07, 6.45) is 0.666. The van der Waals surface area contributed by atoms with Gasteiger partial charge in [-0.25, -0.2) is 9.59 Å². The van der Waals surface area contributed by atoms with Crippen LogP contribution >= 0.6 is 0 Å². The zero-order chi connectivity index (χ0) is 21.4. The minimum atomic E-state index is -0.535. The molecule has 2 aromatic rings. The maximum Gasteiger partial charge on any atom is 0.358 e. The first-order valence-electron chi connectivity index (χ1n) is 8.60. The Kier molecular flexibility index (Phi) is 12.9. The van der Waals surface area contributed by atoms with E-state index in [-0.39, 0.29) is 44.9 Å². The lowest BCUT2D eigenvalue weighted by molar-refractivity contribution is 0.0584. The van der Waals surface area contributed by atoms with Crippen LogP contribution in [0.1, 0.15) is 91.8 Å². The summed E-state index contributed by atoms with van der Waals surface area (Å²) in [7, 11) is 2.58. The lowest BCUT2D eigenvalue weighted by atomic mass is 10.3. The van der Waals surface area contributed by atoms with E-state index in [4.69, 9.17) is 5.11 Å². The van der Waals surface area contributed by atoms with Gasteiger partial charge in [0.2, 0.25) is 0 Å². The maximum absolute atomic E-state index is 11.1. The largest absolute Gasteiger partial charge is 0.464 e. The summed E-state index contributed by atoms with van der Waals surface area (Å²) in [5.41, 5.74) is 1.37. The van der Waals surface area contributed by atoms with Gasteiger partial charge in [0.15, 0.2) is 17.7 Å². The van der Waals surface area contributed by atoms with Crippen LogP contribution in [0.2, 0.25) is 0 Å². The van der Waals surface area contributed by atoms with Gasteiger partial charge in [-0.2, -0.15) is 10.2 Å². The number of aldehydes is 1. The van der Waals surface area contributed by atoms with Gasteiger partial charge in [-0.3, -0.25) is 14.2 Å². The molecule has 0 aliphatic carbocycles. The Bertz CT molecular complexity index is 823. The topological polar surface area (TPSA) is 126 Å². The van der Waals surface area contributed by atoms with Crippen molar-refractivity contribution in [3.8, 4) is 0 Å². The number of carbonyl (C=O) groups is 3. The molecule has 2 rings (SSSR count). The van der Waals surface area contributed by atoms with Crippen LogP contribution < -0.4 is 0 Å². The molecule has 0 saturated carbocycles. The molecule has 0 unspecified atom stereocenters. The number of nitrogens with zero attached hydrogens (tertiary/aromatic N) is 4. The lowest BCUT2D eigenvalue weighted by Crippen LogP contribution is -2.09. The lowest BCUT2D eigenvalue weighted by Gasteiger charge is -2.08. The van der Waals surface area contributed by atoms with E-state index < -0.39 is 11.9 Å². The maximum atomic E-state index is 11.1. The van der Waals surface area contributed by atoms with Crippen molar-refractivity contribution in [3.05, 3.63) is 34.9 Å². The van der Waals surface area contributed by atoms with Crippen molar-refractivity contribution in [1.29, 1.82) is 0 Å². The number of carbonyl (C=O) groups excluding carboxylic acids is 3. The number of hydrogen-bond donors (Lipinski definition) is 1. The average Bonchev–Trinajstić information content (AvgIpc) is 3.31. The van der Waals surface area contributed by atoms with Crippen LogP contribution in [0.4, 0.5) is 0 Å². The zero-order valence-electron chi connectivity index (χ0n) is 16.9. The summed E-state index contributed by atoms with van der Waals surface area (Å²) in [6.45, 7) is 7.46. The number of aliphatic hydroxyl groups is 1. The molecular formula is C20H34N4O6. The minimum Gasteiger partial charge on any atom is -0.464 e.